The van der Waals surface area contributed by atoms with Gasteiger partial charge in [0.1, 0.15) is 0 Å². The van der Waals surface area contributed by atoms with E-state index in [1.54, 1.807) is 48.8 Å². The number of benzene rings is 2. The highest BCUT2D eigenvalue weighted by Gasteiger charge is 1.99. The molecular weight excluding hydrogens is 456 g/mol. The Morgan fingerprint density at radius 1 is 0.556 bits per heavy atom. The number of aromatic nitrogens is 2. The largest absolute Gasteiger partial charge is 0.339 e. The second-order valence-corrected chi connectivity index (χ2v) is 6.89. The van der Waals surface area contributed by atoms with Crippen LogP contribution in [-0.2, 0) is 0 Å². The Hall–Kier alpha value is -5.38. The number of carbonyl (C=O) groups is 2. The molecule has 0 atom stereocenters. The van der Waals surface area contributed by atoms with Crippen molar-refractivity contribution in [2.75, 3.05) is 10.6 Å². The summed E-state index contributed by atoms with van der Waals surface area (Å²) in [4.78, 5) is 31.0. The maximum Gasteiger partial charge on any atom is 0.339 e. The van der Waals surface area contributed by atoms with Crippen molar-refractivity contribution in [1.29, 1.82) is 0 Å². The zero-order valence-corrected chi connectivity index (χ0v) is 19.2. The van der Waals surface area contributed by atoms with Gasteiger partial charge in [-0.2, -0.15) is 10.2 Å². The van der Waals surface area contributed by atoms with E-state index in [0.29, 0.717) is 22.8 Å². The molecule has 10 heteroatoms. The third-order valence-corrected chi connectivity index (χ3v) is 4.16. The summed E-state index contributed by atoms with van der Waals surface area (Å²) in [6.07, 6.45) is 6.27. The van der Waals surface area contributed by atoms with Gasteiger partial charge in [0.15, 0.2) is 0 Å². The van der Waals surface area contributed by atoms with Crippen molar-refractivity contribution in [1.82, 2.24) is 20.8 Å². The third-order valence-electron chi connectivity index (χ3n) is 4.16. The average molecular weight is 481 g/mol. The van der Waals surface area contributed by atoms with Crippen LogP contribution >= 0.6 is 0 Å². The Kier molecular flexibility index (Phi) is 10.3. The minimum atomic E-state index is -0.395. The normalized spacial score (nSPS) is 10.2. The summed E-state index contributed by atoms with van der Waals surface area (Å²) in [6, 6.07) is 28.4. The molecule has 36 heavy (non-hydrogen) atoms. The predicted molar refractivity (Wildman–Crippen MR) is 141 cm³/mol. The smallest absolute Gasteiger partial charge is 0.307 e. The van der Waals surface area contributed by atoms with Gasteiger partial charge in [0.2, 0.25) is 0 Å². The van der Waals surface area contributed by atoms with Crippen molar-refractivity contribution in [2.24, 2.45) is 10.2 Å². The molecule has 180 valence electrons. The number of amides is 4. The molecule has 0 unspecified atom stereocenters. The number of nitrogens with zero attached hydrogens (tertiary/aromatic N) is 4. The lowest BCUT2D eigenvalue weighted by molar-refractivity contribution is 0.251. The number of urea groups is 2. The highest BCUT2D eigenvalue weighted by molar-refractivity contribution is 5.90. The van der Waals surface area contributed by atoms with Crippen LogP contribution in [-0.4, -0.2) is 34.5 Å². The van der Waals surface area contributed by atoms with Crippen molar-refractivity contribution in [3.05, 3.63) is 121 Å². The van der Waals surface area contributed by atoms with Crippen LogP contribution in [0.3, 0.4) is 0 Å². The number of hydrazone groups is 2. The number of anilines is 2. The van der Waals surface area contributed by atoms with Crippen LogP contribution in [0.4, 0.5) is 21.0 Å². The van der Waals surface area contributed by atoms with E-state index in [-0.39, 0.29) is 0 Å². The van der Waals surface area contributed by atoms with Gasteiger partial charge in [-0.05, 0) is 48.5 Å². The van der Waals surface area contributed by atoms with Gasteiger partial charge in [-0.1, -0.05) is 48.5 Å². The van der Waals surface area contributed by atoms with E-state index in [4.69, 9.17) is 0 Å². The van der Waals surface area contributed by atoms with Crippen LogP contribution in [0.5, 0.6) is 0 Å². The summed E-state index contributed by atoms with van der Waals surface area (Å²) in [5.74, 6) is 0. The van der Waals surface area contributed by atoms with Gasteiger partial charge in [0, 0.05) is 23.8 Å². The van der Waals surface area contributed by atoms with Gasteiger partial charge in [0.05, 0.1) is 23.8 Å². The van der Waals surface area contributed by atoms with E-state index >= 15 is 0 Å². The van der Waals surface area contributed by atoms with Gasteiger partial charge < -0.3 is 10.6 Å². The Bertz CT molecular complexity index is 1150. The van der Waals surface area contributed by atoms with Crippen molar-refractivity contribution in [2.45, 2.75) is 0 Å². The van der Waals surface area contributed by atoms with Gasteiger partial charge in [0.25, 0.3) is 0 Å². The first kappa shape index (κ1) is 25.2. The molecule has 10 nitrogen and oxygen atoms in total. The molecular formula is C26H24N8O2. The van der Waals surface area contributed by atoms with Crippen molar-refractivity contribution < 1.29 is 9.59 Å². The standard InChI is InChI=1S/2C13H12N4O/c2*18-13(16-11-6-2-1-3-7-11)17-15-10-12-8-4-5-9-14-12/h2*1-10H,(H2,16,17,18)/b2*15-10-. The Labute approximate surface area is 208 Å². The molecule has 0 spiro atoms. The van der Waals surface area contributed by atoms with Crippen LogP contribution < -0.4 is 21.5 Å². The summed E-state index contributed by atoms with van der Waals surface area (Å²) >= 11 is 0. The molecule has 4 rings (SSSR count). The van der Waals surface area contributed by atoms with E-state index in [0.717, 1.165) is 0 Å². The van der Waals surface area contributed by atoms with Crippen molar-refractivity contribution in [3.63, 3.8) is 0 Å². The molecule has 0 saturated heterocycles. The fourth-order valence-corrected chi connectivity index (χ4v) is 2.58. The average Bonchev–Trinajstić information content (AvgIpc) is 2.91. The first-order valence-electron chi connectivity index (χ1n) is 10.8. The molecule has 0 aliphatic rings. The molecule has 4 amide bonds. The van der Waals surface area contributed by atoms with Gasteiger partial charge in [-0.15, -0.1) is 0 Å². The molecule has 0 radical (unpaired) electrons. The van der Waals surface area contributed by atoms with Crippen LogP contribution in [0, 0.1) is 0 Å². The first-order chi connectivity index (χ1) is 17.7. The van der Waals surface area contributed by atoms with Crippen molar-refractivity contribution in [3.8, 4) is 0 Å². The summed E-state index contributed by atoms with van der Waals surface area (Å²) < 4.78 is 0. The molecule has 4 N–H and O–H groups in total. The van der Waals surface area contributed by atoms with Crippen LogP contribution in [0.1, 0.15) is 11.4 Å². The number of carbonyl (C=O) groups excluding carboxylic acids is 2. The molecule has 2 heterocycles. The summed E-state index contributed by atoms with van der Waals surface area (Å²) in [7, 11) is 0. The lowest BCUT2D eigenvalue weighted by Gasteiger charge is -2.02. The van der Waals surface area contributed by atoms with E-state index in [1.807, 2.05) is 60.7 Å². The Balaban J connectivity index is 0.000000201. The molecule has 0 fully saturated rings. The number of hydrogen-bond donors (Lipinski definition) is 4. The van der Waals surface area contributed by atoms with Crippen molar-refractivity contribution >= 4 is 35.9 Å². The fraction of sp³-hybridized carbons (Fsp3) is 0. The molecule has 2 aromatic carbocycles. The topological polar surface area (TPSA) is 133 Å². The maximum absolute atomic E-state index is 11.4. The SMILES string of the molecule is O=C(N/N=C\c1ccccn1)Nc1ccccc1.O=C(N/N=C\c1ccccn1)Nc1ccccc1. The lowest BCUT2D eigenvalue weighted by Crippen LogP contribution is -2.24. The number of nitrogens with one attached hydrogen (secondary N) is 4. The highest BCUT2D eigenvalue weighted by atomic mass is 16.2. The molecule has 0 saturated carbocycles. The maximum atomic E-state index is 11.4. The highest BCUT2D eigenvalue weighted by Crippen LogP contribution is 2.04. The second-order valence-electron chi connectivity index (χ2n) is 6.89. The third kappa shape index (κ3) is 10.0. The number of para-hydroxylation sites is 2. The first-order valence-corrected chi connectivity index (χ1v) is 10.8. The minimum absolute atomic E-state index is 0.395. The zero-order chi connectivity index (χ0) is 25.3. The lowest BCUT2D eigenvalue weighted by atomic mass is 10.3. The molecule has 2 aromatic heterocycles. The van der Waals surface area contributed by atoms with Gasteiger partial charge in [-0.25, -0.2) is 20.4 Å². The molecule has 0 aliphatic heterocycles. The number of hydrogen-bond acceptors (Lipinski definition) is 6. The predicted octanol–water partition coefficient (Wildman–Crippen LogP) is 4.47. The van der Waals surface area contributed by atoms with Gasteiger partial charge in [-0.3, -0.25) is 9.97 Å². The second kappa shape index (κ2) is 14.7. The minimum Gasteiger partial charge on any atom is -0.307 e. The van der Waals surface area contributed by atoms with E-state index < -0.39 is 12.1 Å². The summed E-state index contributed by atoms with van der Waals surface area (Å²) in [5, 5.41) is 12.9. The van der Waals surface area contributed by atoms with E-state index in [9.17, 15) is 9.59 Å². The number of pyridine rings is 2. The molecule has 0 aliphatic carbocycles. The monoisotopic (exact) mass is 480 g/mol. The zero-order valence-electron chi connectivity index (χ0n) is 19.2. The fourth-order valence-electron chi connectivity index (χ4n) is 2.58. The van der Waals surface area contributed by atoms with E-state index in [1.165, 1.54) is 12.4 Å². The molecule has 0 bridgehead atoms. The van der Waals surface area contributed by atoms with Crippen LogP contribution in [0.25, 0.3) is 0 Å². The van der Waals surface area contributed by atoms with Crippen LogP contribution in [0.15, 0.2) is 120 Å². The van der Waals surface area contributed by atoms with E-state index in [2.05, 4.69) is 41.7 Å². The summed E-state index contributed by atoms with van der Waals surface area (Å²) in [5.41, 5.74) is 7.50. The van der Waals surface area contributed by atoms with Gasteiger partial charge >= 0.3 is 12.1 Å². The quantitative estimate of drug-likeness (QED) is 0.239. The van der Waals surface area contributed by atoms with Crippen LogP contribution in [0.2, 0.25) is 0 Å². The Morgan fingerprint density at radius 3 is 1.31 bits per heavy atom. The number of rotatable bonds is 6. The molecule has 4 aromatic rings. The Morgan fingerprint density at radius 2 is 0.944 bits per heavy atom. The summed E-state index contributed by atoms with van der Waals surface area (Å²) in [6.45, 7) is 0.